The maximum Gasteiger partial charge on any atom is 0.361 e. The van der Waals surface area contributed by atoms with Gasteiger partial charge in [0.2, 0.25) is 0 Å². The normalized spacial score (nSPS) is 11.1. The summed E-state index contributed by atoms with van der Waals surface area (Å²) >= 11 is 0. The molecule has 3 aromatic rings. The third-order valence-corrected chi connectivity index (χ3v) is 4.33. The van der Waals surface area contributed by atoms with Gasteiger partial charge < -0.3 is 18.9 Å². The summed E-state index contributed by atoms with van der Waals surface area (Å²) in [4.78, 5) is 12.3. The Bertz CT molecular complexity index is 1050. The summed E-state index contributed by atoms with van der Waals surface area (Å²) in [5.41, 5.74) is 3.37. The monoisotopic (exact) mass is 400 g/mol. The second-order valence-electron chi connectivity index (χ2n) is 6.65. The number of benzene rings is 1. The number of aromatic nitrogens is 4. The van der Waals surface area contributed by atoms with Crippen molar-refractivity contribution in [3.63, 3.8) is 0 Å². The van der Waals surface area contributed by atoms with Crippen molar-refractivity contribution in [1.82, 2.24) is 19.8 Å². The second-order valence-corrected chi connectivity index (χ2v) is 6.65. The van der Waals surface area contributed by atoms with Crippen LogP contribution in [0.2, 0.25) is 0 Å². The van der Waals surface area contributed by atoms with Gasteiger partial charge in [-0.25, -0.2) is 9.31 Å². The number of methoxy groups -OCH3 is 3. The highest BCUT2D eigenvalue weighted by molar-refractivity contribution is 5.89. The Hall–Kier alpha value is -3.20. The topological polar surface area (TPSA) is 97.1 Å². The molecular weight excluding hydrogens is 376 g/mol. The number of carbonyl (C=O) groups is 1. The maximum atomic E-state index is 12.3. The zero-order valence-electron chi connectivity index (χ0n) is 17.3. The van der Waals surface area contributed by atoms with Crippen LogP contribution in [0.1, 0.15) is 35.7 Å². The number of fused-ring (bicyclic) bond motifs is 1. The van der Waals surface area contributed by atoms with Crippen molar-refractivity contribution in [1.29, 1.82) is 0 Å². The Morgan fingerprint density at radius 3 is 2.45 bits per heavy atom. The van der Waals surface area contributed by atoms with Gasteiger partial charge >= 0.3 is 5.97 Å². The molecular formula is C20H24N4O5. The van der Waals surface area contributed by atoms with E-state index in [0.29, 0.717) is 28.5 Å². The molecule has 2 aromatic heterocycles. The maximum absolute atomic E-state index is 12.3. The number of hydrogen-bond acceptors (Lipinski definition) is 8. The lowest BCUT2D eigenvalue weighted by molar-refractivity contribution is 0.0367. The number of ether oxygens (including phenoxy) is 4. The summed E-state index contributed by atoms with van der Waals surface area (Å²) in [6, 6.07) is 5.53. The van der Waals surface area contributed by atoms with Crippen LogP contribution >= 0.6 is 0 Å². The zero-order valence-corrected chi connectivity index (χ0v) is 17.3. The van der Waals surface area contributed by atoms with Crippen molar-refractivity contribution in [3.8, 4) is 22.6 Å². The lowest BCUT2D eigenvalue weighted by Crippen LogP contribution is -2.17. The van der Waals surface area contributed by atoms with Crippen LogP contribution < -0.4 is 9.47 Å². The third kappa shape index (κ3) is 3.86. The van der Waals surface area contributed by atoms with Crippen LogP contribution in [-0.4, -0.2) is 53.2 Å². The summed E-state index contributed by atoms with van der Waals surface area (Å²) in [5.74, 6) is 0.653. The zero-order chi connectivity index (χ0) is 21.1. The van der Waals surface area contributed by atoms with E-state index >= 15 is 0 Å². The molecule has 0 amide bonds. The molecule has 0 N–H and O–H groups in total. The molecule has 154 valence electrons. The standard InChI is InChI=1S/C20H24N4O5/c1-11(2)29-20(25)18-12(3)24-19(22-21-18)17(14(23-24)10-26-4)13-7-8-15(27-5)16(9-13)28-6/h7-9,11H,10H2,1-6H3. The summed E-state index contributed by atoms with van der Waals surface area (Å²) in [7, 11) is 4.74. The highest BCUT2D eigenvalue weighted by Gasteiger charge is 2.23. The summed E-state index contributed by atoms with van der Waals surface area (Å²) < 4.78 is 22.9. The van der Waals surface area contributed by atoms with E-state index in [1.807, 2.05) is 18.2 Å². The Morgan fingerprint density at radius 2 is 1.83 bits per heavy atom. The van der Waals surface area contributed by atoms with Crippen LogP contribution in [0.15, 0.2) is 18.2 Å². The molecule has 0 aliphatic carbocycles. The van der Waals surface area contributed by atoms with E-state index in [2.05, 4.69) is 15.3 Å². The van der Waals surface area contributed by atoms with Crippen molar-refractivity contribution in [2.24, 2.45) is 0 Å². The molecule has 9 nitrogen and oxygen atoms in total. The van der Waals surface area contributed by atoms with Gasteiger partial charge in [-0.15, -0.1) is 10.2 Å². The number of aryl methyl sites for hydroxylation is 1. The average molecular weight is 400 g/mol. The van der Waals surface area contributed by atoms with Gasteiger partial charge in [-0.05, 0) is 38.5 Å². The van der Waals surface area contributed by atoms with E-state index in [1.165, 1.54) is 0 Å². The van der Waals surface area contributed by atoms with Gasteiger partial charge in [0.15, 0.2) is 22.8 Å². The second kappa shape index (κ2) is 8.44. The molecule has 2 heterocycles. The minimum absolute atomic E-state index is 0.122. The number of carbonyl (C=O) groups excluding carboxylic acids is 1. The first-order valence-electron chi connectivity index (χ1n) is 9.08. The van der Waals surface area contributed by atoms with E-state index in [1.54, 1.807) is 46.6 Å². The molecule has 0 spiro atoms. The molecule has 3 rings (SSSR count). The predicted octanol–water partition coefficient (Wildman–Crippen LogP) is 2.83. The molecule has 0 radical (unpaired) electrons. The number of esters is 1. The first-order valence-corrected chi connectivity index (χ1v) is 9.08. The summed E-state index contributed by atoms with van der Waals surface area (Å²) in [6.07, 6.45) is -0.261. The molecule has 29 heavy (non-hydrogen) atoms. The molecule has 0 saturated carbocycles. The van der Waals surface area contributed by atoms with Crippen LogP contribution in [0.5, 0.6) is 11.5 Å². The van der Waals surface area contributed by atoms with E-state index in [0.717, 1.165) is 11.1 Å². The molecule has 0 aliphatic rings. The van der Waals surface area contributed by atoms with Gasteiger partial charge in [0.05, 0.1) is 43.9 Å². The minimum atomic E-state index is -0.539. The Kier molecular flexibility index (Phi) is 5.97. The summed E-state index contributed by atoms with van der Waals surface area (Å²) in [6.45, 7) is 5.57. The molecule has 1 aromatic carbocycles. The molecule has 0 atom stereocenters. The van der Waals surface area contributed by atoms with Gasteiger partial charge in [0.1, 0.15) is 0 Å². The van der Waals surface area contributed by atoms with Gasteiger partial charge in [0, 0.05) is 7.11 Å². The Balaban J connectivity index is 2.20. The highest BCUT2D eigenvalue weighted by atomic mass is 16.5. The van der Waals surface area contributed by atoms with E-state index < -0.39 is 5.97 Å². The molecule has 0 fully saturated rings. The smallest absolute Gasteiger partial charge is 0.361 e. The van der Waals surface area contributed by atoms with Crippen molar-refractivity contribution in [2.75, 3.05) is 21.3 Å². The number of hydrogen-bond donors (Lipinski definition) is 0. The first kappa shape index (κ1) is 20.5. The lowest BCUT2D eigenvalue weighted by atomic mass is 10.1. The molecule has 0 bridgehead atoms. The SMILES string of the molecule is COCc1nn2c(C)c(C(=O)OC(C)C)nnc2c1-c1ccc(OC)c(OC)c1. The van der Waals surface area contributed by atoms with Crippen molar-refractivity contribution in [2.45, 2.75) is 33.5 Å². The number of nitrogens with zero attached hydrogens (tertiary/aromatic N) is 4. The van der Waals surface area contributed by atoms with Crippen molar-refractivity contribution in [3.05, 3.63) is 35.3 Å². The molecule has 9 heteroatoms. The van der Waals surface area contributed by atoms with Crippen LogP contribution in [0.25, 0.3) is 16.8 Å². The minimum Gasteiger partial charge on any atom is -0.493 e. The van der Waals surface area contributed by atoms with Gasteiger partial charge in [-0.2, -0.15) is 5.10 Å². The van der Waals surface area contributed by atoms with E-state index in [9.17, 15) is 4.79 Å². The largest absolute Gasteiger partial charge is 0.493 e. The molecule has 0 saturated heterocycles. The molecule has 0 aliphatic heterocycles. The average Bonchev–Trinajstić information content (AvgIpc) is 3.06. The van der Waals surface area contributed by atoms with E-state index in [-0.39, 0.29) is 18.4 Å². The fourth-order valence-corrected chi connectivity index (χ4v) is 3.03. The Labute approximate surface area is 168 Å². The van der Waals surface area contributed by atoms with Crippen LogP contribution in [0.3, 0.4) is 0 Å². The van der Waals surface area contributed by atoms with Gasteiger partial charge in [-0.1, -0.05) is 6.07 Å². The molecule has 0 unspecified atom stereocenters. The van der Waals surface area contributed by atoms with Crippen LogP contribution in [0, 0.1) is 6.92 Å². The summed E-state index contributed by atoms with van der Waals surface area (Å²) in [5, 5.41) is 13.0. The third-order valence-electron chi connectivity index (χ3n) is 4.33. The van der Waals surface area contributed by atoms with Crippen LogP contribution in [0.4, 0.5) is 0 Å². The highest BCUT2D eigenvalue weighted by Crippen LogP contribution is 2.35. The Morgan fingerprint density at radius 1 is 1.10 bits per heavy atom. The predicted molar refractivity (Wildman–Crippen MR) is 105 cm³/mol. The fraction of sp³-hybridized carbons (Fsp3) is 0.400. The lowest BCUT2D eigenvalue weighted by Gasteiger charge is -2.10. The van der Waals surface area contributed by atoms with Crippen LogP contribution in [-0.2, 0) is 16.1 Å². The number of rotatable bonds is 7. The van der Waals surface area contributed by atoms with Gasteiger partial charge in [-0.3, -0.25) is 0 Å². The van der Waals surface area contributed by atoms with Crippen molar-refractivity contribution >= 4 is 11.6 Å². The fourth-order valence-electron chi connectivity index (χ4n) is 3.03. The van der Waals surface area contributed by atoms with E-state index in [4.69, 9.17) is 18.9 Å². The van der Waals surface area contributed by atoms with Crippen molar-refractivity contribution < 1.29 is 23.7 Å². The van der Waals surface area contributed by atoms with Gasteiger partial charge in [0.25, 0.3) is 0 Å². The first-order chi connectivity index (χ1) is 13.9. The quantitative estimate of drug-likeness (QED) is 0.559.